The van der Waals surface area contributed by atoms with Crippen LogP contribution in [0.5, 0.6) is 0 Å². The Morgan fingerprint density at radius 1 is 0.364 bits per heavy atom. The number of hydrogen-bond donors (Lipinski definition) is 3. The maximum Gasteiger partial charge on any atom is 0.220 e. The van der Waals surface area contributed by atoms with Gasteiger partial charge in [-0.25, -0.2) is 0 Å². The molecule has 0 fully saturated rings. The zero-order valence-electron chi connectivity index (χ0n) is 44.5. The van der Waals surface area contributed by atoms with Crippen molar-refractivity contribution in [2.75, 3.05) is 6.61 Å². The van der Waals surface area contributed by atoms with Gasteiger partial charge in [-0.3, -0.25) is 4.79 Å². The Morgan fingerprint density at radius 3 is 0.970 bits per heavy atom. The Bertz CT molecular complexity index is 1090. The first-order valence-corrected chi connectivity index (χ1v) is 29.5. The Labute approximate surface area is 413 Å². The van der Waals surface area contributed by atoms with E-state index in [1.54, 1.807) is 6.08 Å². The third-order valence-corrected chi connectivity index (χ3v) is 13.5. The van der Waals surface area contributed by atoms with E-state index < -0.39 is 12.1 Å². The standard InChI is InChI=1S/C62H115NO3/c1-3-5-7-9-11-13-15-17-19-21-22-23-24-25-26-27-28-29-30-31-32-33-34-35-36-37-38-39-40-42-44-46-48-50-52-54-56-58-62(66)63-60(59-64)61(65)57-55-53-51-49-47-45-43-41-20-18-16-14-12-10-8-6-4-2/h20,26-27,29-30,41,47,49,55,57,60-61,64-65H,3-19,21-25,28,31-40,42-46,48,50-54,56,58-59H2,1-2H3,(H,63,66)/b27-26-,30-29-,41-20+,49-47+,57-55+. The molecule has 0 aliphatic rings. The van der Waals surface area contributed by atoms with Gasteiger partial charge in [0.2, 0.25) is 5.91 Å². The minimum atomic E-state index is -0.871. The summed E-state index contributed by atoms with van der Waals surface area (Å²) in [6, 6.07) is -0.647. The molecule has 0 aromatic carbocycles. The average Bonchev–Trinajstić information content (AvgIpc) is 3.32. The monoisotopic (exact) mass is 922 g/mol. The molecule has 4 heteroatoms. The van der Waals surface area contributed by atoms with Crippen LogP contribution in [0, 0.1) is 0 Å². The van der Waals surface area contributed by atoms with Gasteiger partial charge in [-0.05, 0) is 77.0 Å². The number of carbonyl (C=O) groups is 1. The molecule has 4 nitrogen and oxygen atoms in total. The highest BCUT2D eigenvalue weighted by Crippen LogP contribution is 2.17. The number of allylic oxidation sites excluding steroid dienone is 9. The van der Waals surface area contributed by atoms with E-state index in [2.05, 4.69) is 67.8 Å². The SMILES string of the molecule is CCCCCCCCC/C=C/CC/C=C/CC/C=C/C(O)C(CO)NC(=O)CCCCCCCCCCCCCCCCCCC/C=C\C/C=C\CCCCCCCCCCCCCCC. The lowest BCUT2D eigenvalue weighted by Gasteiger charge is -2.19. The molecule has 0 rings (SSSR count). The second-order valence-corrected chi connectivity index (χ2v) is 20.0. The van der Waals surface area contributed by atoms with Crippen LogP contribution in [0.15, 0.2) is 60.8 Å². The van der Waals surface area contributed by atoms with Gasteiger partial charge in [0.25, 0.3) is 0 Å². The second-order valence-electron chi connectivity index (χ2n) is 20.0. The van der Waals surface area contributed by atoms with Crippen LogP contribution in [0.4, 0.5) is 0 Å². The molecule has 0 aromatic heterocycles. The molecule has 0 heterocycles. The third kappa shape index (κ3) is 53.1. The van der Waals surface area contributed by atoms with Gasteiger partial charge in [0.05, 0.1) is 18.8 Å². The molecule has 66 heavy (non-hydrogen) atoms. The van der Waals surface area contributed by atoms with E-state index >= 15 is 0 Å². The summed E-state index contributed by atoms with van der Waals surface area (Å²) in [6.07, 6.45) is 81.2. The summed E-state index contributed by atoms with van der Waals surface area (Å²) in [5.41, 5.74) is 0. The summed E-state index contributed by atoms with van der Waals surface area (Å²) in [7, 11) is 0. The number of rotatable bonds is 54. The molecule has 0 aliphatic carbocycles. The quantitative estimate of drug-likeness (QED) is 0.0420. The van der Waals surface area contributed by atoms with Gasteiger partial charge in [0.15, 0.2) is 0 Å². The molecule has 2 unspecified atom stereocenters. The zero-order valence-corrected chi connectivity index (χ0v) is 44.5. The number of hydrogen-bond acceptors (Lipinski definition) is 3. The van der Waals surface area contributed by atoms with Gasteiger partial charge < -0.3 is 15.5 Å². The van der Waals surface area contributed by atoms with Crippen LogP contribution < -0.4 is 5.32 Å². The lowest BCUT2D eigenvalue weighted by atomic mass is 10.0. The summed E-state index contributed by atoms with van der Waals surface area (Å²) in [4.78, 5) is 12.5. The topological polar surface area (TPSA) is 69.6 Å². The largest absolute Gasteiger partial charge is 0.394 e. The third-order valence-electron chi connectivity index (χ3n) is 13.5. The zero-order chi connectivity index (χ0) is 47.7. The molecule has 2 atom stereocenters. The molecule has 0 spiro atoms. The first-order chi connectivity index (χ1) is 32.7. The van der Waals surface area contributed by atoms with Crippen molar-refractivity contribution in [3.05, 3.63) is 60.8 Å². The van der Waals surface area contributed by atoms with Gasteiger partial charge in [-0.2, -0.15) is 0 Å². The van der Waals surface area contributed by atoms with Crippen LogP contribution in [-0.2, 0) is 4.79 Å². The van der Waals surface area contributed by atoms with E-state index in [4.69, 9.17) is 0 Å². The van der Waals surface area contributed by atoms with Crippen molar-refractivity contribution in [3.63, 3.8) is 0 Å². The Kier molecular flexibility index (Phi) is 55.7. The average molecular weight is 923 g/mol. The molecular formula is C62H115NO3. The highest BCUT2D eigenvalue weighted by atomic mass is 16.3. The molecule has 0 saturated heterocycles. The van der Waals surface area contributed by atoms with Crippen molar-refractivity contribution in [1.82, 2.24) is 5.32 Å². The van der Waals surface area contributed by atoms with E-state index in [-0.39, 0.29) is 12.5 Å². The normalized spacial score (nSPS) is 13.2. The van der Waals surface area contributed by atoms with Crippen LogP contribution in [0.25, 0.3) is 0 Å². The van der Waals surface area contributed by atoms with Crippen molar-refractivity contribution < 1.29 is 15.0 Å². The number of nitrogens with one attached hydrogen (secondary N) is 1. The van der Waals surface area contributed by atoms with Crippen molar-refractivity contribution in [2.45, 2.75) is 321 Å². The molecule has 0 saturated carbocycles. The minimum Gasteiger partial charge on any atom is -0.394 e. The predicted molar refractivity (Wildman–Crippen MR) is 294 cm³/mol. The lowest BCUT2D eigenvalue weighted by Crippen LogP contribution is -2.45. The first-order valence-electron chi connectivity index (χ1n) is 29.5. The summed E-state index contributed by atoms with van der Waals surface area (Å²) in [6.45, 7) is 4.31. The fourth-order valence-corrected chi connectivity index (χ4v) is 8.95. The molecule has 3 N–H and O–H groups in total. The summed E-state index contributed by atoms with van der Waals surface area (Å²) in [5, 5.41) is 23.1. The molecular weight excluding hydrogens is 807 g/mol. The van der Waals surface area contributed by atoms with Gasteiger partial charge in [-0.1, -0.05) is 286 Å². The van der Waals surface area contributed by atoms with E-state index in [9.17, 15) is 15.0 Å². The predicted octanol–water partition coefficient (Wildman–Crippen LogP) is 19.6. The molecule has 386 valence electrons. The Morgan fingerprint density at radius 2 is 0.636 bits per heavy atom. The van der Waals surface area contributed by atoms with Crippen molar-refractivity contribution in [2.24, 2.45) is 0 Å². The number of aliphatic hydroxyl groups excluding tert-OH is 2. The van der Waals surface area contributed by atoms with Crippen molar-refractivity contribution in [3.8, 4) is 0 Å². The van der Waals surface area contributed by atoms with Gasteiger partial charge in [-0.15, -0.1) is 0 Å². The Hall–Kier alpha value is -1.91. The Balaban J connectivity index is 3.47. The van der Waals surface area contributed by atoms with Crippen LogP contribution >= 0.6 is 0 Å². The fraction of sp³-hybridized carbons (Fsp3) is 0.823. The number of carbonyl (C=O) groups excluding carboxylic acids is 1. The number of aliphatic hydroxyl groups is 2. The van der Waals surface area contributed by atoms with E-state index in [1.807, 2.05) is 6.08 Å². The number of amides is 1. The highest BCUT2D eigenvalue weighted by Gasteiger charge is 2.18. The maximum absolute atomic E-state index is 12.5. The van der Waals surface area contributed by atoms with Gasteiger partial charge in [0, 0.05) is 6.42 Å². The van der Waals surface area contributed by atoms with Crippen molar-refractivity contribution >= 4 is 5.91 Å². The van der Waals surface area contributed by atoms with E-state index in [0.29, 0.717) is 6.42 Å². The second kappa shape index (κ2) is 57.4. The summed E-state index contributed by atoms with van der Waals surface area (Å²) < 4.78 is 0. The summed E-state index contributed by atoms with van der Waals surface area (Å²) in [5.74, 6) is -0.0759. The lowest BCUT2D eigenvalue weighted by molar-refractivity contribution is -0.123. The van der Waals surface area contributed by atoms with E-state index in [0.717, 1.165) is 44.9 Å². The van der Waals surface area contributed by atoms with Crippen LogP contribution in [0.2, 0.25) is 0 Å². The van der Waals surface area contributed by atoms with Crippen LogP contribution in [0.1, 0.15) is 309 Å². The van der Waals surface area contributed by atoms with Crippen molar-refractivity contribution in [1.29, 1.82) is 0 Å². The first kappa shape index (κ1) is 64.1. The van der Waals surface area contributed by atoms with E-state index in [1.165, 1.54) is 244 Å². The van der Waals surface area contributed by atoms with Gasteiger partial charge >= 0.3 is 0 Å². The van der Waals surface area contributed by atoms with Crippen LogP contribution in [-0.4, -0.2) is 34.9 Å². The van der Waals surface area contributed by atoms with Gasteiger partial charge in [0.1, 0.15) is 0 Å². The molecule has 0 bridgehead atoms. The minimum absolute atomic E-state index is 0.0759. The fourth-order valence-electron chi connectivity index (χ4n) is 8.95. The smallest absolute Gasteiger partial charge is 0.220 e. The molecule has 0 radical (unpaired) electrons. The highest BCUT2D eigenvalue weighted by molar-refractivity contribution is 5.76. The molecule has 1 amide bonds. The molecule has 0 aliphatic heterocycles. The van der Waals surface area contributed by atoms with Crippen LogP contribution in [0.3, 0.4) is 0 Å². The maximum atomic E-state index is 12.5. The molecule has 0 aromatic rings. The summed E-state index contributed by atoms with van der Waals surface area (Å²) >= 11 is 0. The number of unbranched alkanes of at least 4 members (excludes halogenated alkanes) is 39.